The van der Waals surface area contributed by atoms with Gasteiger partial charge in [-0.15, -0.1) is 0 Å². The summed E-state index contributed by atoms with van der Waals surface area (Å²) in [6.45, 7) is 2.52. The summed E-state index contributed by atoms with van der Waals surface area (Å²) >= 11 is 0. The molecule has 0 aliphatic carbocycles. The summed E-state index contributed by atoms with van der Waals surface area (Å²) in [7, 11) is 3.61. The Kier molecular flexibility index (Phi) is 3.50. The van der Waals surface area contributed by atoms with Gasteiger partial charge in [0.15, 0.2) is 5.76 Å². The molecule has 2 heterocycles. The molecule has 0 aliphatic heterocycles. The highest BCUT2D eigenvalue weighted by Gasteiger charge is 2.16. The largest absolute Gasteiger partial charge is 0.456 e. The summed E-state index contributed by atoms with van der Waals surface area (Å²) in [5.41, 5.74) is 0.996. The van der Waals surface area contributed by atoms with Gasteiger partial charge in [-0.25, -0.2) is 0 Å². The first kappa shape index (κ1) is 12.4. The minimum Gasteiger partial charge on any atom is -0.456 e. The van der Waals surface area contributed by atoms with Gasteiger partial charge >= 0.3 is 0 Å². The lowest BCUT2D eigenvalue weighted by atomic mass is 10.3. The molecule has 0 saturated heterocycles. The predicted molar refractivity (Wildman–Crippen MR) is 67.1 cm³/mol. The second-order valence-electron chi connectivity index (χ2n) is 4.30. The van der Waals surface area contributed by atoms with Crippen LogP contribution >= 0.6 is 0 Å². The fraction of sp³-hybridized carbons (Fsp3) is 0.385. The van der Waals surface area contributed by atoms with E-state index in [0.717, 1.165) is 17.7 Å². The maximum Gasteiger partial charge on any atom is 0.289 e. The number of carbonyl (C=O) groups is 1. The highest BCUT2D eigenvalue weighted by atomic mass is 16.4. The van der Waals surface area contributed by atoms with Crippen molar-refractivity contribution in [1.29, 1.82) is 0 Å². The molecule has 96 valence electrons. The van der Waals surface area contributed by atoms with Crippen molar-refractivity contribution >= 4 is 5.91 Å². The van der Waals surface area contributed by atoms with E-state index in [9.17, 15) is 4.79 Å². The summed E-state index contributed by atoms with van der Waals surface area (Å²) in [6.07, 6.45) is 4.44. The maximum atomic E-state index is 12.1. The van der Waals surface area contributed by atoms with Gasteiger partial charge in [-0.3, -0.25) is 9.48 Å². The van der Waals surface area contributed by atoms with E-state index in [2.05, 4.69) is 5.10 Å². The fourth-order valence-corrected chi connectivity index (χ4v) is 1.77. The molecule has 0 aromatic carbocycles. The summed E-state index contributed by atoms with van der Waals surface area (Å²) in [5, 5.41) is 4.07. The Bertz CT molecular complexity index is 542. The molecule has 0 unspecified atom stereocenters. The summed E-state index contributed by atoms with van der Waals surface area (Å²) in [6, 6.07) is 3.56. The average molecular weight is 247 g/mol. The first-order valence-corrected chi connectivity index (χ1v) is 5.92. The molecule has 0 N–H and O–H groups in total. The maximum absolute atomic E-state index is 12.1. The molecule has 5 heteroatoms. The number of amides is 1. The van der Waals surface area contributed by atoms with Crippen LogP contribution < -0.4 is 0 Å². The summed E-state index contributed by atoms with van der Waals surface area (Å²) in [4.78, 5) is 13.7. The number of aryl methyl sites for hydroxylation is 2. The molecule has 0 aliphatic rings. The lowest BCUT2D eigenvalue weighted by Gasteiger charge is -2.14. The normalized spacial score (nSPS) is 10.6. The Morgan fingerprint density at radius 1 is 1.50 bits per heavy atom. The van der Waals surface area contributed by atoms with Crippen LogP contribution in [0.4, 0.5) is 0 Å². The number of hydrogen-bond donors (Lipinski definition) is 0. The second kappa shape index (κ2) is 5.08. The fourth-order valence-electron chi connectivity index (χ4n) is 1.77. The zero-order valence-electron chi connectivity index (χ0n) is 10.9. The second-order valence-corrected chi connectivity index (χ2v) is 4.30. The van der Waals surface area contributed by atoms with E-state index >= 15 is 0 Å². The van der Waals surface area contributed by atoms with E-state index in [1.165, 1.54) is 0 Å². The van der Waals surface area contributed by atoms with Gasteiger partial charge < -0.3 is 9.32 Å². The highest BCUT2D eigenvalue weighted by Crippen LogP contribution is 2.12. The van der Waals surface area contributed by atoms with Crippen LogP contribution in [0, 0.1) is 0 Å². The number of hydrogen-bond acceptors (Lipinski definition) is 3. The molecular weight excluding hydrogens is 230 g/mol. The number of nitrogens with zero attached hydrogens (tertiary/aromatic N) is 3. The van der Waals surface area contributed by atoms with Gasteiger partial charge in [0.05, 0.1) is 6.20 Å². The van der Waals surface area contributed by atoms with Crippen molar-refractivity contribution < 1.29 is 9.21 Å². The van der Waals surface area contributed by atoms with Crippen molar-refractivity contribution in [3.05, 3.63) is 41.6 Å². The zero-order valence-corrected chi connectivity index (χ0v) is 10.9. The van der Waals surface area contributed by atoms with E-state index < -0.39 is 0 Å². The van der Waals surface area contributed by atoms with Crippen LogP contribution in [0.15, 0.2) is 28.9 Å². The third-order valence-electron chi connectivity index (χ3n) is 2.75. The number of furan rings is 1. The minimum absolute atomic E-state index is 0.112. The third kappa shape index (κ3) is 2.61. The molecular formula is C13H17N3O2. The van der Waals surface area contributed by atoms with Crippen LogP contribution in [0.2, 0.25) is 0 Å². The summed E-state index contributed by atoms with van der Waals surface area (Å²) in [5.74, 6) is 1.10. The molecule has 0 atom stereocenters. The molecule has 18 heavy (non-hydrogen) atoms. The molecule has 0 saturated carbocycles. The van der Waals surface area contributed by atoms with Gasteiger partial charge in [0.25, 0.3) is 5.91 Å². The van der Waals surface area contributed by atoms with Gasteiger partial charge in [0.1, 0.15) is 5.76 Å². The first-order valence-electron chi connectivity index (χ1n) is 5.92. The van der Waals surface area contributed by atoms with E-state index in [1.807, 2.05) is 26.2 Å². The Morgan fingerprint density at radius 2 is 2.28 bits per heavy atom. The van der Waals surface area contributed by atoms with E-state index in [0.29, 0.717) is 12.3 Å². The molecule has 2 aromatic heterocycles. The Labute approximate surface area is 106 Å². The topological polar surface area (TPSA) is 51.3 Å². The Morgan fingerprint density at radius 3 is 2.83 bits per heavy atom. The smallest absolute Gasteiger partial charge is 0.289 e. The van der Waals surface area contributed by atoms with Gasteiger partial charge in [0, 0.05) is 38.8 Å². The van der Waals surface area contributed by atoms with Crippen molar-refractivity contribution in [1.82, 2.24) is 14.7 Å². The van der Waals surface area contributed by atoms with Crippen molar-refractivity contribution in [2.24, 2.45) is 7.05 Å². The Balaban J connectivity index is 2.04. The summed E-state index contributed by atoms with van der Waals surface area (Å²) < 4.78 is 7.16. The van der Waals surface area contributed by atoms with Crippen molar-refractivity contribution in [3.8, 4) is 0 Å². The number of aromatic nitrogens is 2. The molecule has 0 spiro atoms. The third-order valence-corrected chi connectivity index (χ3v) is 2.75. The van der Waals surface area contributed by atoms with Crippen molar-refractivity contribution in [3.63, 3.8) is 0 Å². The molecule has 0 bridgehead atoms. The molecule has 5 nitrogen and oxygen atoms in total. The Hall–Kier alpha value is -2.04. The molecule has 0 radical (unpaired) electrons. The predicted octanol–water partition coefficient (Wildman–Crippen LogP) is 1.85. The monoisotopic (exact) mass is 247 g/mol. The zero-order chi connectivity index (χ0) is 13.1. The van der Waals surface area contributed by atoms with Gasteiger partial charge in [-0.2, -0.15) is 5.10 Å². The quantitative estimate of drug-likeness (QED) is 0.828. The van der Waals surface area contributed by atoms with Gasteiger partial charge in [-0.05, 0) is 12.1 Å². The molecule has 2 rings (SSSR count). The van der Waals surface area contributed by atoms with Crippen LogP contribution in [0.1, 0.15) is 28.8 Å². The average Bonchev–Trinajstić information content (AvgIpc) is 2.97. The minimum atomic E-state index is -0.112. The van der Waals surface area contributed by atoms with E-state index in [4.69, 9.17) is 4.42 Å². The van der Waals surface area contributed by atoms with Crippen LogP contribution in [-0.2, 0) is 20.0 Å². The number of rotatable bonds is 4. The van der Waals surface area contributed by atoms with Crippen molar-refractivity contribution in [2.75, 3.05) is 7.05 Å². The van der Waals surface area contributed by atoms with Crippen LogP contribution in [0.3, 0.4) is 0 Å². The highest BCUT2D eigenvalue weighted by molar-refractivity contribution is 5.91. The lowest BCUT2D eigenvalue weighted by molar-refractivity contribution is 0.0751. The van der Waals surface area contributed by atoms with Gasteiger partial charge in [-0.1, -0.05) is 6.92 Å². The first-order chi connectivity index (χ1) is 8.60. The molecule has 1 amide bonds. The lowest BCUT2D eigenvalue weighted by Crippen LogP contribution is -2.25. The van der Waals surface area contributed by atoms with Crippen LogP contribution in [-0.4, -0.2) is 27.6 Å². The molecule has 0 fully saturated rings. The van der Waals surface area contributed by atoms with Crippen LogP contribution in [0.5, 0.6) is 0 Å². The SMILES string of the molecule is CCc1ccc(C(=O)N(C)Cc2cnn(C)c2)o1. The van der Waals surface area contributed by atoms with Crippen LogP contribution in [0.25, 0.3) is 0 Å². The number of carbonyl (C=O) groups excluding carboxylic acids is 1. The van der Waals surface area contributed by atoms with Gasteiger partial charge in [0.2, 0.25) is 0 Å². The van der Waals surface area contributed by atoms with E-state index in [1.54, 1.807) is 28.9 Å². The standard InChI is InChI=1S/C13H17N3O2/c1-4-11-5-6-12(18-11)13(17)15(2)8-10-7-14-16(3)9-10/h5-7,9H,4,8H2,1-3H3. The van der Waals surface area contributed by atoms with E-state index in [-0.39, 0.29) is 5.91 Å². The van der Waals surface area contributed by atoms with Crippen molar-refractivity contribution in [2.45, 2.75) is 19.9 Å². The molecule has 2 aromatic rings.